The van der Waals surface area contributed by atoms with Gasteiger partial charge in [0, 0.05) is 44.6 Å². The van der Waals surface area contributed by atoms with E-state index in [2.05, 4.69) is 10.3 Å². The third-order valence-corrected chi connectivity index (χ3v) is 3.37. The number of anilines is 1. The number of nitrogens with one attached hydrogen (secondary N) is 1. The number of carbonyl (C=O) groups excluding carboxylic acids is 1. The zero-order valence-corrected chi connectivity index (χ0v) is 10.8. The van der Waals surface area contributed by atoms with Crippen LogP contribution in [-0.4, -0.2) is 47.6 Å². The molecule has 0 aliphatic carbocycles. The number of carbonyl (C=O) groups is 1. The third-order valence-electron chi connectivity index (χ3n) is 3.37. The molecular formula is C13H19N3O2. The van der Waals surface area contributed by atoms with Crippen LogP contribution in [0.1, 0.15) is 22.5 Å². The standard InChI is InChI=1S/C13H19N3O2/c1-9-5-12(14-2)11(6-15-9)13(18)16-4-3-10(7-16)8-17/h5-6,10,17H,3-4,7-8H2,1-2H3,(H,14,15). The molecule has 0 aromatic carbocycles. The summed E-state index contributed by atoms with van der Waals surface area (Å²) in [7, 11) is 1.80. The molecule has 5 nitrogen and oxygen atoms in total. The van der Waals surface area contributed by atoms with E-state index in [-0.39, 0.29) is 18.4 Å². The maximum Gasteiger partial charge on any atom is 0.257 e. The van der Waals surface area contributed by atoms with Crippen molar-refractivity contribution in [3.63, 3.8) is 0 Å². The van der Waals surface area contributed by atoms with Gasteiger partial charge in [-0.3, -0.25) is 9.78 Å². The lowest BCUT2D eigenvalue weighted by Gasteiger charge is -2.18. The predicted molar refractivity (Wildman–Crippen MR) is 69.6 cm³/mol. The molecule has 1 saturated heterocycles. The van der Waals surface area contributed by atoms with Crippen molar-refractivity contribution in [2.75, 3.05) is 32.1 Å². The maximum absolute atomic E-state index is 12.4. The fourth-order valence-electron chi connectivity index (χ4n) is 2.27. The van der Waals surface area contributed by atoms with Crippen LogP contribution in [0.3, 0.4) is 0 Å². The molecule has 2 heterocycles. The zero-order chi connectivity index (χ0) is 13.1. The molecule has 2 N–H and O–H groups in total. The Morgan fingerprint density at radius 2 is 2.44 bits per heavy atom. The van der Waals surface area contributed by atoms with E-state index >= 15 is 0 Å². The average molecular weight is 249 g/mol. The first kappa shape index (κ1) is 12.8. The van der Waals surface area contributed by atoms with Crippen molar-refractivity contribution in [3.8, 4) is 0 Å². The van der Waals surface area contributed by atoms with E-state index in [1.54, 1.807) is 18.1 Å². The fourth-order valence-corrected chi connectivity index (χ4v) is 2.27. The first-order chi connectivity index (χ1) is 8.65. The Bertz CT molecular complexity index is 448. The van der Waals surface area contributed by atoms with Crippen molar-refractivity contribution < 1.29 is 9.90 Å². The number of aromatic nitrogens is 1. The molecule has 5 heteroatoms. The highest BCUT2D eigenvalue weighted by Gasteiger charge is 2.27. The molecule has 1 aromatic rings. The van der Waals surface area contributed by atoms with Crippen molar-refractivity contribution in [1.29, 1.82) is 0 Å². The number of aliphatic hydroxyl groups excluding tert-OH is 1. The second kappa shape index (κ2) is 5.35. The molecule has 1 unspecified atom stereocenters. The van der Waals surface area contributed by atoms with Gasteiger partial charge in [-0.1, -0.05) is 0 Å². The molecule has 1 amide bonds. The molecule has 0 saturated carbocycles. The van der Waals surface area contributed by atoms with Gasteiger partial charge in [-0.05, 0) is 19.4 Å². The second-order valence-electron chi connectivity index (χ2n) is 4.71. The van der Waals surface area contributed by atoms with Crippen LogP contribution >= 0.6 is 0 Å². The topological polar surface area (TPSA) is 65.5 Å². The van der Waals surface area contributed by atoms with E-state index in [0.29, 0.717) is 18.7 Å². The van der Waals surface area contributed by atoms with E-state index in [4.69, 9.17) is 5.11 Å². The first-order valence-corrected chi connectivity index (χ1v) is 6.20. The lowest BCUT2D eigenvalue weighted by atomic mass is 10.1. The van der Waals surface area contributed by atoms with Crippen LogP contribution < -0.4 is 5.32 Å². The van der Waals surface area contributed by atoms with Crippen molar-refractivity contribution in [2.24, 2.45) is 5.92 Å². The summed E-state index contributed by atoms with van der Waals surface area (Å²) >= 11 is 0. The van der Waals surface area contributed by atoms with Gasteiger partial charge in [0.25, 0.3) is 5.91 Å². The minimum absolute atomic E-state index is 0.0113. The van der Waals surface area contributed by atoms with Crippen LogP contribution in [0.15, 0.2) is 12.3 Å². The lowest BCUT2D eigenvalue weighted by Crippen LogP contribution is -2.29. The molecule has 0 bridgehead atoms. The van der Waals surface area contributed by atoms with Crippen LogP contribution in [0.2, 0.25) is 0 Å². The number of aliphatic hydroxyl groups is 1. The summed E-state index contributed by atoms with van der Waals surface area (Å²) in [5.74, 6) is 0.202. The molecule has 98 valence electrons. The van der Waals surface area contributed by atoms with Gasteiger partial charge < -0.3 is 15.3 Å². The van der Waals surface area contributed by atoms with Crippen molar-refractivity contribution in [2.45, 2.75) is 13.3 Å². The first-order valence-electron chi connectivity index (χ1n) is 6.20. The number of pyridine rings is 1. The number of aryl methyl sites for hydroxylation is 1. The normalized spacial score (nSPS) is 19.1. The van der Waals surface area contributed by atoms with Gasteiger partial charge in [-0.2, -0.15) is 0 Å². The Hall–Kier alpha value is -1.62. The van der Waals surface area contributed by atoms with Gasteiger partial charge in [0.15, 0.2) is 0 Å². The predicted octanol–water partition coefficient (Wildman–Crippen LogP) is 0.886. The van der Waals surface area contributed by atoms with Gasteiger partial charge in [-0.15, -0.1) is 0 Å². The maximum atomic E-state index is 12.4. The van der Waals surface area contributed by atoms with E-state index < -0.39 is 0 Å². The Morgan fingerprint density at radius 1 is 1.67 bits per heavy atom. The molecule has 2 rings (SSSR count). The summed E-state index contributed by atoms with van der Waals surface area (Å²) in [5, 5.41) is 12.1. The van der Waals surface area contributed by atoms with Crippen molar-refractivity contribution in [3.05, 3.63) is 23.5 Å². The molecule has 18 heavy (non-hydrogen) atoms. The van der Waals surface area contributed by atoms with Crippen LogP contribution in [-0.2, 0) is 0 Å². The highest BCUT2D eigenvalue weighted by molar-refractivity contribution is 5.99. The number of rotatable bonds is 3. The van der Waals surface area contributed by atoms with Crippen LogP contribution in [0.25, 0.3) is 0 Å². The van der Waals surface area contributed by atoms with E-state index in [9.17, 15) is 4.79 Å². The van der Waals surface area contributed by atoms with Gasteiger partial charge >= 0.3 is 0 Å². The Morgan fingerprint density at radius 3 is 3.06 bits per heavy atom. The summed E-state index contributed by atoms with van der Waals surface area (Å²) < 4.78 is 0. The minimum atomic E-state index is -0.0113. The highest BCUT2D eigenvalue weighted by atomic mass is 16.3. The fraction of sp³-hybridized carbons (Fsp3) is 0.538. The monoisotopic (exact) mass is 249 g/mol. The molecule has 1 aliphatic rings. The van der Waals surface area contributed by atoms with Gasteiger partial charge in [0.05, 0.1) is 11.3 Å². The smallest absolute Gasteiger partial charge is 0.257 e. The highest BCUT2D eigenvalue weighted by Crippen LogP contribution is 2.22. The molecular weight excluding hydrogens is 230 g/mol. The molecule has 0 radical (unpaired) electrons. The van der Waals surface area contributed by atoms with Crippen LogP contribution in [0.4, 0.5) is 5.69 Å². The van der Waals surface area contributed by atoms with Crippen LogP contribution in [0, 0.1) is 12.8 Å². The van der Waals surface area contributed by atoms with E-state index in [1.165, 1.54) is 0 Å². The van der Waals surface area contributed by atoms with Crippen LogP contribution in [0.5, 0.6) is 0 Å². The SMILES string of the molecule is CNc1cc(C)ncc1C(=O)N1CCC(CO)C1. The summed E-state index contributed by atoms with van der Waals surface area (Å²) in [5.41, 5.74) is 2.28. The average Bonchev–Trinajstić information content (AvgIpc) is 2.86. The van der Waals surface area contributed by atoms with E-state index in [0.717, 1.165) is 17.8 Å². The van der Waals surface area contributed by atoms with Gasteiger partial charge in [-0.25, -0.2) is 0 Å². The minimum Gasteiger partial charge on any atom is -0.396 e. The van der Waals surface area contributed by atoms with Gasteiger partial charge in [0.2, 0.25) is 0 Å². The number of hydrogen-bond donors (Lipinski definition) is 2. The van der Waals surface area contributed by atoms with E-state index in [1.807, 2.05) is 13.0 Å². The molecule has 0 spiro atoms. The second-order valence-corrected chi connectivity index (χ2v) is 4.71. The molecule has 1 aromatic heterocycles. The summed E-state index contributed by atoms with van der Waals surface area (Å²) in [6, 6.07) is 1.87. The number of amides is 1. The van der Waals surface area contributed by atoms with Gasteiger partial charge in [0.1, 0.15) is 0 Å². The number of nitrogens with zero attached hydrogens (tertiary/aromatic N) is 2. The molecule has 1 aliphatic heterocycles. The molecule has 1 fully saturated rings. The lowest BCUT2D eigenvalue weighted by molar-refractivity contribution is 0.0782. The summed E-state index contributed by atoms with van der Waals surface area (Å²) in [6.07, 6.45) is 2.49. The zero-order valence-electron chi connectivity index (χ0n) is 10.8. The molecule has 1 atom stereocenters. The largest absolute Gasteiger partial charge is 0.396 e. The van der Waals surface area contributed by atoms with Crippen molar-refractivity contribution in [1.82, 2.24) is 9.88 Å². The number of hydrogen-bond acceptors (Lipinski definition) is 4. The quantitative estimate of drug-likeness (QED) is 0.835. The summed E-state index contributed by atoms with van der Waals surface area (Å²) in [6.45, 7) is 3.38. The third kappa shape index (κ3) is 2.46. The summed E-state index contributed by atoms with van der Waals surface area (Å²) in [4.78, 5) is 18.3. The Kier molecular flexibility index (Phi) is 3.81. The number of likely N-dealkylation sites (tertiary alicyclic amines) is 1. The Balaban J connectivity index is 2.19. The Labute approximate surface area is 107 Å². The van der Waals surface area contributed by atoms with Crippen molar-refractivity contribution >= 4 is 11.6 Å².